The van der Waals surface area contributed by atoms with Crippen molar-refractivity contribution in [2.45, 2.75) is 13.0 Å². The van der Waals surface area contributed by atoms with E-state index in [1.165, 1.54) is 0 Å². The summed E-state index contributed by atoms with van der Waals surface area (Å²) in [7, 11) is 4.99. The van der Waals surface area contributed by atoms with E-state index in [-0.39, 0.29) is 0 Å². The number of hydrogen-bond acceptors (Lipinski definition) is 4. The molecule has 2 aromatic carbocycles. The second-order valence-electron chi connectivity index (χ2n) is 5.65. The fourth-order valence-corrected chi connectivity index (χ4v) is 2.82. The van der Waals surface area contributed by atoms with Crippen LogP contribution in [0.15, 0.2) is 48.7 Å². The van der Waals surface area contributed by atoms with Crippen molar-refractivity contribution in [3.8, 4) is 23.0 Å². The molecule has 0 radical (unpaired) electrons. The Kier molecular flexibility index (Phi) is 5.33. The summed E-state index contributed by atoms with van der Waals surface area (Å²) >= 11 is 0. The predicted molar refractivity (Wildman–Crippen MR) is 98.1 cm³/mol. The number of benzene rings is 2. The summed E-state index contributed by atoms with van der Waals surface area (Å²) in [5.74, 6) is 3.29. The fourth-order valence-electron chi connectivity index (χ4n) is 2.82. The van der Waals surface area contributed by atoms with Gasteiger partial charge in [-0.3, -0.25) is 0 Å². The molecule has 1 aromatic heterocycles. The van der Waals surface area contributed by atoms with E-state index in [2.05, 4.69) is 16.8 Å². The summed E-state index contributed by atoms with van der Waals surface area (Å²) in [6, 6.07) is 13.6. The van der Waals surface area contributed by atoms with Gasteiger partial charge in [-0.05, 0) is 36.8 Å². The first-order chi connectivity index (χ1) is 12.2. The molecular formula is C20H23NO4. The second-order valence-corrected chi connectivity index (χ2v) is 5.65. The summed E-state index contributed by atoms with van der Waals surface area (Å²) in [4.78, 5) is 0. The molecule has 25 heavy (non-hydrogen) atoms. The molecule has 0 aliphatic heterocycles. The highest BCUT2D eigenvalue weighted by Gasteiger charge is 2.09. The Morgan fingerprint density at radius 2 is 1.52 bits per heavy atom. The van der Waals surface area contributed by atoms with Crippen LogP contribution >= 0.6 is 0 Å². The van der Waals surface area contributed by atoms with E-state index in [4.69, 9.17) is 18.9 Å². The number of ether oxygens (including phenoxy) is 4. The van der Waals surface area contributed by atoms with Crippen LogP contribution < -0.4 is 18.9 Å². The number of hydrogen-bond donors (Lipinski definition) is 0. The Balaban J connectivity index is 1.63. The van der Waals surface area contributed by atoms with Crippen LogP contribution in [0, 0.1) is 0 Å². The van der Waals surface area contributed by atoms with Crippen LogP contribution in [0.4, 0.5) is 0 Å². The van der Waals surface area contributed by atoms with E-state index in [1.54, 1.807) is 21.3 Å². The SMILES string of the molecule is COc1ccc(OCCCn2ccc3c(OC)cc(OC)cc32)cc1. The first-order valence-electron chi connectivity index (χ1n) is 8.23. The van der Waals surface area contributed by atoms with Crippen LogP contribution in [0.25, 0.3) is 10.9 Å². The molecule has 1 heterocycles. The van der Waals surface area contributed by atoms with Crippen molar-refractivity contribution in [2.24, 2.45) is 0 Å². The number of fused-ring (bicyclic) bond motifs is 1. The normalized spacial score (nSPS) is 10.7. The molecule has 0 amide bonds. The average molecular weight is 341 g/mol. The lowest BCUT2D eigenvalue weighted by Crippen LogP contribution is -2.04. The maximum atomic E-state index is 5.79. The number of nitrogens with zero attached hydrogens (tertiary/aromatic N) is 1. The highest BCUT2D eigenvalue weighted by molar-refractivity contribution is 5.88. The molecule has 0 bridgehead atoms. The molecule has 132 valence electrons. The molecular weight excluding hydrogens is 318 g/mol. The Labute approximate surface area is 147 Å². The Morgan fingerprint density at radius 1 is 0.800 bits per heavy atom. The smallest absolute Gasteiger partial charge is 0.131 e. The van der Waals surface area contributed by atoms with Crippen molar-refractivity contribution in [1.29, 1.82) is 0 Å². The van der Waals surface area contributed by atoms with E-state index >= 15 is 0 Å². The Hall–Kier alpha value is -2.82. The third-order valence-electron chi connectivity index (χ3n) is 4.15. The standard InChI is InChI=1S/C20H23NO4/c1-22-15-5-7-16(8-6-15)25-12-4-10-21-11-9-18-19(21)13-17(23-2)14-20(18)24-3/h5-9,11,13-14H,4,10,12H2,1-3H3. The molecule has 0 unspecified atom stereocenters. The van der Waals surface area contributed by atoms with E-state index < -0.39 is 0 Å². The number of methoxy groups -OCH3 is 3. The first kappa shape index (κ1) is 17.0. The van der Waals surface area contributed by atoms with Gasteiger partial charge in [0.05, 0.1) is 33.5 Å². The zero-order chi connectivity index (χ0) is 17.6. The van der Waals surface area contributed by atoms with E-state index in [0.717, 1.165) is 46.9 Å². The molecule has 0 aliphatic carbocycles. The molecule has 0 saturated carbocycles. The molecule has 3 aromatic rings. The van der Waals surface area contributed by atoms with Gasteiger partial charge in [-0.25, -0.2) is 0 Å². The van der Waals surface area contributed by atoms with Crippen molar-refractivity contribution in [3.05, 3.63) is 48.7 Å². The monoisotopic (exact) mass is 341 g/mol. The van der Waals surface area contributed by atoms with Crippen molar-refractivity contribution < 1.29 is 18.9 Å². The van der Waals surface area contributed by atoms with Gasteiger partial charge in [-0.2, -0.15) is 0 Å². The van der Waals surface area contributed by atoms with Crippen molar-refractivity contribution in [2.75, 3.05) is 27.9 Å². The number of aryl methyl sites for hydroxylation is 1. The third-order valence-corrected chi connectivity index (χ3v) is 4.15. The molecule has 0 N–H and O–H groups in total. The van der Waals surface area contributed by atoms with Crippen molar-refractivity contribution >= 4 is 10.9 Å². The predicted octanol–water partition coefficient (Wildman–Crippen LogP) is 4.14. The summed E-state index contributed by atoms with van der Waals surface area (Å²) in [6.07, 6.45) is 2.97. The summed E-state index contributed by atoms with van der Waals surface area (Å²) < 4.78 is 23.9. The fraction of sp³-hybridized carbons (Fsp3) is 0.300. The van der Waals surface area contributed by atoms with Crippen molar-refractivity contribution in [1.82, 2.24) is 4.57 Å². The van der Waals surface area contributed by atoms with Crippen LogP contribution in [-0.4, -0.2) is 32.5 Å². The van der Waals surface area contributed by atoms with Crippen LogP contribution in [-0.2, 0) is 6.54 Å². The van der Waals surface area contributed by atoms with E-state index in [1.807, 2.05) is 36.4 Å². The zero-order valence-electron chi connectivity index (χ0n) is 14.8. The Bertz CT molecular complexity index is 824. The molecule has 0 saturated heterocycles. The van der Waals surface area contributed by atoms with Crippen LogP contribution in [0.2, 0.25) is 0 Å². The molecule has 5 nitrogen and oxygen atoms in total. The summed E-state index contributed by atoms with van der Waals surface area (Å²) in [5.41, 5.74) is 1.10. The molecule has 5 heteroatoms. The van der Waals surface area contributed by atoms with Gasteiger partial charge in [0.15, 0.2) is 0 Å². The average Bonchev–Trinajstić information content (AvgIpc) is 3.07. The minimum atomic E-state index is 0.646. The maximum Gasteiger partial charge on any atom is 0.131 e. The molecule has 3 rings (SSSR count). The van der Waals surface area contributed by atoms with Gasteiger partial charge < -0.3 is 23.5 Å². The maximum absolute atomic E-state index is 5.79. The van der Waals surface area contributed by atoms with Gasteiger partial charge >= 0.3 is 0 Å². The molecule has 0 atom stereocenters. The van der Waals surface area contributed by atoms with Crippen molar-refractivity contribution in [3.63, 3.8) is 0 Å². The van der Waals surface area contributed by atoms with Gasteiger partial charge in [-0.15, -0.1) is 0 Å². The highest BCUT2D eigenvalue weighted by Crippen LogP contribution is 2.32. The van der Waals surface area contributed by atoms with Crippen LogP contribution in [0.1, 0.15) is 6.42 Å². The zero-order valence-corrected chi connectivity index (χ0v) is 14.8. The third kappa shape index (κ3) is 3.82. The van der Waals surface area contributed by atoms with E-state index in [0.29, 0.717) is 6.61 Å². The first-order valence-corrected chi connectivity index (χ1v) is 8.23. The summed E-state index contributed by atoms with van der Waals surface area (Å²) in [6.45, 7) is 1.50. The number of aromatic nitrogens is 1. The second kappa shape index (κ2) is 7.83. The topological polar surface area (TPSA) is 41.9 Å². The lowest BCUT2D eigenvalue weighted by molar-refractivity contribution is 0.302. The largest absolute Gasteiger partial charge is 0.497 e. The van der Waals surface area contributed by atoms with Gasteiger partial charge in [0.1, 0.15) is 23.0 Å². The minimum Gasteiger partial charge on any atom is -0.497 e. The molecule has 0 aliphatic rings. The molecule has 0 spiro atoms. The Morgan fingerprint density at radius 3 is 2.20 bits per heavy atom. The van der Waals surface area contributed by atoms with Crippen LogP contribution in [0.3, 0.4) is 0 Å². The lowest BCUT2D eigenvalue weighted by atomic mass is 10.2. The lowest BCUT2D eigenvalue weighted by Gasteiger charge is -2.10. The van der Waals surface area contributed by atoms with Gasteiger partial charge in [-0.1, -0.05) is 0 Å². The van der Waals surface area contributed by atoms with Gasteiger partial charge in [0.2, 0.25) is 0 Å². The number of rotatable bonds is 8. The minimum absolute atomic E-state index is 0.646. The molecule has 0 fully saturated rings. The highest BCUT2D eigenvalue weighted by atomic mass is 16.5. The van der Waals surface area contributed by atoms with Gasteiger partial charge in [0.25, 0.3) is 0 Å². The van der Waals surface area contributed by atoms with E-state index in [9.17, 15) is 0 Å². The van der Waals surface area contributed by atoms with Crippen LogP contribution in [0.5, 0.6) is 23.0 Å². The summed E-state index contributed by atoms with van der Waals surface area (Å²) in [5, 5.41) is 1.08. The van der Waals surface area contributed by atoms with Gasteiger partial charge in [0, 0.05) is 30.3 Å². The quantitative estimate of drug-likeness (QED) is 0.578.